The minimum atomic E-state index is 0.593. The van der Waals surface area contributed by atoms with Crippen molar-refractivity contribution in [2.75, 3.05) is 0 Å². The Balaban J connectivity index is 2.62. The van der Waals surface area contributed by atoms with Crippen molar-refractivity contribution >= 4 is 12.6 Å². The molecule has 1 aromatic carbocycles. The number of carbonyl (C=O) groups is 2. The van der Waals surface area contributed by atoms with Crippen molar-refractivity contribution in [3.63, 3.8) is 0 Å². The summed E-state index contributed by atoms with van der Waals surface area (Å²) in [5.41, 5.74) is 2.93. The van der Waals surface area contributed by atoms with E-state index in [-0.39, 0.29) is 0 Å². The summed E-state index contributed by atoms with van der Waals surface area (Å²) in [4.78, 5) is 21.6. The smallest absolute Gasteiger partial charge is 0.166 e. The molecule has 0 amide bonds. The van der Waals surface area contributed by atoms with Crippen LogP contribution in [0.25, 0.3) is 11.3 Å². The molecule has 0 saturated heterocycles. The number of aldehydes is 2. The molecule has 0 radical (unpaired) electrons. The minimum Gasteiger partial charge on any atom is -0.341 e. The highest BCUT2D eigenvalue weighted by Crippen LogP contribution is 2.23. The number of hydrogen-bond donors (Lipinski definition) is 0. The maximum Gasteiger partial charge on any atom is 0.166 e. The van der Waals surface area contributed by atoms with Gasteiger partial charge in [-0.15, -0.1) is 0 Å². The molecule has 80 valence electrons. The number of hydrogen-bond acceptors (Lipinski definition) is 2. The minimum absolute atomic E-state index is 0.593. The standard InChI is InChI=1S/C13H11NO2/c1-14-11(9-16)6-7-13(14)12-5-3-2-4-10(12)8-15/h2-9H,1H3. The third-order valence-corrected chi connectivity index (χ3v) is 2.65. The van der Waals surface area contributed by atoms with Crippen LogP contribution in [-0.2, 0) is 7.05 Å². The van der Waals surface area contributed by atoms with Crippen LogP contribution in [0.1, 0.15) is 20.8 Å². The summed E-state index contributed by atoms with van der Waals surface area (Å²) >= 11 is 0. The molecule has 3 heteroatoms. The predicted molar refractivity (Wildman–Crippen MR) is 61.6 cm³/mol. The molecular formula is C13H11NO2. The van der Waals surface area contributed by atoms with E-state index in [4.69, 9.17) is 0 Å². The highest BCUT2D eigenvalue weighted by Gasteiger charge is 2.09. The van der Waals surface area contributed by atoms with E-state index >= 15 is 0 Å². The zero-order valence-electron chi connectivity index (χ0n) is 8.88. The summed E-state index contributed by atoms with van der Waals surface area (Å²) < 4.78 is 1.77. The van der Waals surface area contributed by atoms with E-state index in [1.54, 1.807) is 23.7 Å². The Bertz CT molecular complexity index is 541. The van der Waals surface area contributed by atoms with Crippen LogP contribution in [0.3, 0.4) is 0 Å². The van der Waals surface area contributed by atoms with Crippen molar-refractivity contribution in [1.82, 2.24) is 4.57 Å². The first kappa shape index (κ1) is 10.4. The van der Waals surface area contributed by atoms with Gasteiger partial charge in [0.25, 0.3) is 0 Å². The van der Waals surface area contributed by atoms with Crippen molar-refractivity contribution in [3.05, 3.63) is 47.7 Å². The second kappa shape index (κ2) is 4.14. The van der Waals surface area contributed by atoms with Gasteiger partial charge >= 0.3 is 0 Å². The van der Waals surface area contributed by atoms with Crippen LogP contribution in [-0.4, -0.2) is 17.1 Å². The Labute approximate surface area is 93.3 Å². The molecule has 3 nitrogen and oxygen atoms in total. The summed E-state index contributed by atoms with van der Waals surface area (Å²) in [6.45, 7) is 0. The summed E-state index contributed by atoms with van der Waals surface area (Å²) in [6.07, 6.45) is 1.62. The normalized spacial score (nSPS) is 10.1. The van der Waals surface area contributed by atoms with Crippen LogP contribution in [0.15, 0.2) is 36.4 Å². The zero-order chi connectivity index (χ0) is 11.5. The van der Waals surface area contributed by atoms with Crippen molar-refractivity contribution in [3.8, 4) is 11.3 Å². The number of carbonyl (C=O) groups excluding carboxylic acids is 2. The van der Waals surface area contributed by atoms with Gasteiger partial charge in [-0.3, -0.25) is 9.59 Å². The highest BCUT2D eigenvalue weighted by atomic mass is 16.1. The molecule has 2 aromatic rings. The Morgan fingerprint density at radius 2 is 1.75 bits per heavy atom. The van der Waals surface area contributed by atoms with Gasteiger partial charge in [0.2, 0.25) is 0 Å². The Morgan fingerprint density at radius 1 is 1.00 bits per heavy atom. The monoisotopic (exact) mass is 213 g/mol. The average molecular weight is 213 g/mol. The zero-order valence-corrected chi connectivity index (χ0v) is 8.88. The molecule has 2 rings (SSSR count). The van der Waals surface area contributed by atoms with Crippen LogP contribution in [0.5, 0.6) is 0 Å². The first-order chi connectivity index (χ1) is 7.77. The van der Waals surface area contributed by atoms with Gasteiger partial charge in [0.1, 0.15) is 0 Å². The van der Waals surface area contributed by atoms with Gasteiger partial charge in [0, 0.05) is 23.9 Å². The van der Waals surface area contributed by atoms with E-state index in [1.165, 1.54) is 0 Å². The first-order valence-corrected chi connectivity index (χ1v) is 4.93. The summed E-state index contributed by atoms with van der Waals surface area (Å²) in [5.74, 6) is 0. The molecule has 1 aromatic heterocycles. The van der Waals surface area contributed by atoms with E-state index in [1.807, 2.05) is 24.3 Å². The van der Waals surface area contributed by atoms with Crippen molar-refractivity contribution in [1.29, 1.82) is 0 Å². The Kier molecular flexibility index (Phi) is 2.68. The molecule has 1 heterocycles. The predicted octanol–water partition coefficient (Wildman–Crippen LogP) is 2.32. The topological polar surface area (TPSA) is 39.1 Å². The van der Waals surface area contributed by atoms with Gasteiger partial charge in [0.05, 0.1) is 5.69 Å². The number of nitrogens with zero attached hydrogens (tertiary/aromatic N) is 1. The number of aromatic nitrogens is 1. The quantitative estimate of drug-likeness (QED) is 0.734. The fourth-order valence-corrected chi connectivity index (χ4v) is 1.75. The van der Waals surface area contributed by atoms with Crippen molar-refractivity contribution < 1.29 is 9.59 Å². The second-order valence-corrected chi connectivity index (χ2v) is 3.53. The van der Waals surface area contributed by atoms with E-state index in [9.17, 15) is 9.59 Å². The van der Waals surface area contributed by atoms with Gasteiger partial charge in [-0.05, 0) is 12.1 Å². The third-order valence-electron chi connectivity index (χ3n) is 2.65. The van der Waals surface area contributed by atoms with Crippen molar-refractivity contribution in [2.45, 2.75) is 0 Å². The van der Waals surface area contributed by atoms with Gasteiger partial charge in [-0.2, -0.15) is 0 Å². The second-order valence-electron chi connectivity index (χ2n) is 3.53. The molecule has 0 aliphatic rings. The van der Waals surface area contributed by atoms with Crippen LogP contribution < -0.4 is 0 Å². The van der Waals surface area contributed by atoms with Gasteiger partial charge in [0.15, 0.2) is 12.6 Å². The third kappa shape index (κ3) is 1.56. The van der Waals surface area contributed by atoms with Gasteiger partial charge in [-0.1, -0.05) is 24.3 Å². The first-order valence-electron chi connectivity index (χ1n) is 4.93. The lowest BCUT2D eigenvalue weighted by molar-refractivity contribution is 0.111. The van der Waals surface area contributed by atoms with Crippen LogP contribution in [0.2, 0.25) is 0 Å². The lowest BCUT2D eigenvalue weighted by Gasteiger charge is -2.06. The van der Waals surface area contributed by atoms with E-state index in [2.05, 4.69) is 0 Å². The van der Waals surface area contributed by atoms with Crippen molar-refractivity contribution in [2.24, 2.45) is 7.05 Å². The lowest BCUT2D eigenvalue weighted by atomic mass is 10.1. The van der Waals surface area contributed by atoms with Crippen LogP contribution >= 0.6 is 0 Å². The molecule has 0 aliphatic carbocycles. The largest absolute Gasteiger partial charge is 0.341 e. The molecule has 0 fully saturated rings. The molecule has 0 N–H and O–H groups in total. The van der Waals surface area contributed by atoms with Crippen LogP contribution in [0.4, 0.5) is 0 Å². The average Bonchev–Trinajstić information content (AvgIpc) is 2.70. The highest BCUT2D eigenvalue weighted by molar-refractivity contribution is 5.87. The van der Waals surface area contributed by atoms with Gasteiger partial charge < -0.3 is 4.57 Å². The van der Waals surface area contributed by atoms with Crippen LogP contribution in [0, 0.1) is 0 Å². The lowest BCUT2D eigenvalue weighted by Crippen LogP contribution is -1.98. The van der Waals surface area contributed by atoms with E-state index < -0.39 is 0 Å². The molecule has 0 aliphatic heterocycles. The molecular weight excluding hydrogens is 202 g/mol. The maximum absolute atomic E-state index is 10.9. The molecule has 0 unspecified atom stereocenters. The van der Waals surface area contributed by atoms with E-state index in [0.29, 0.717) is 11.3 Å². The SMILES string of the molecule is Cn1c(C=O)ccc1-c1ccccc1C=O. The Hall–Kier alpha value is -2.16. The molecule has 0 saturated carbocycles. The molecule has 0 atom stereocenters. The molecule has 0 spiro atoms. The summed E-state index contributed by atoms with van der Waals surface area (Å²) in [5, 5.41) is 0. The molecule has 0 bridgehead atoms. The number of rotatable bonds is 3. The Morgan fingerprint density at radius 3 is 2.38 bits per heavy atom. The number of benzene rings is 1. The van der Waals surface area contributed by atoms with Gasteiger partial charge in [-0.25, -0.2) is 0 Å². The fourth-order valence-electron chi connectivity index (χ4n) is 1.75. The maximum atomic E-state index is 10.9. The fraction of sp³-hybridized carbons (Fsp3) is 0.0769. The van der Waals surface area contributed by atoms with E-state index in [0.717, 1.165) is 23.8 Å². The summed E-state index contributed by atoms with van der Waals surface area (Å²) in [6, 6.07) is 10.9. The summed E-state index contributed by atoms with van der Waals surface area (Å²) in [7, 11) is 1.81. The molecule has 16 heavy (non-hydrogen) atoms.